The van der Waals surface area contributed by atoms with Crippen molar-refractivity contribution >= 4 is 11.9 Å². The Bertz CT molecular complexity index is 477. The molecule has 0 fully saturated rings. The molecule has 0 spiro atoms. The first-order valence-corrected chi connectivity index (χ1v) is 10.6. The van der Waals surface area contributed by atoms with Crippen LogP contribution < -0.4 is 0 Å². The zero-order valence-electron chi connectivity index (χ0n) is 19.3. The minimum Gasteiger partial charge on any atom is -0.481 e. The van der Waals surface area contributed by atoms with E-state index in [1.807, 2.05) is 20.8 Å². The summed E-state index contributed by atoms with van der Waals surface area (Å²) >= 11 is 0. The summed E-state index contributed by atoms with van der Waals surface area (Å²) in [6.45, 7) is 14.1. The third kappa shape index (κ3) is 16.3. The maximum Gasteiger partial charge on any atom is 0.305 e. The van der Waals surface area contributed by atoms with E-state index in [4.69, 9.17) is 19.3 Å². The van der Waals surface area contributed by atoms with Gasteiger partial charge in [-0.25, -0.2) is 0 Å². The number of carboxylic acids is 1. The standard InChI is InChI=1S/C22H42O7/c1-8-16(13-21(2,3)4)12-17(14-23)28-20(29-22(5,6)7)15-27-19(26)11-9-10-18(24)25/h16-17,20,23H,8-15H2,1-7H3,(H,24,25). The fourth-order valence-corrected chi connectivity index (χ4v) is 3.13. The monoisotopic (exact) mass is 418 g/mol. The van der Waals surface area contributed by atoms with Gasteiger partial charge in [0.25, 0.3) is 0 Å². The number of ether oxygens (including phenoxy) is 3. The lowest BCUT2D eigenvalue weighted by molar-refractivity contribution is -0.240. The van der Waals surface area contributed by atoms with Gasteiger partial charge in [0.15, 0.2) is 6.29 Å². The summed E-state index contributed by atoms with van der Waals surface area (Å²) in [6, 6.07) is 0. The Balaban J connectivity index is 4.83. The molecule has 0 aromatic carbocycles. The van der Waals surface area contributed by atoms with Gasteiger partial charge in [0.1, 0.15) is 6.61 Å². The number of aliphatic carboxylic acids is 1. The Hall–Kier alpha value is -1.18. The number of carboxylic acid groups (broad SMARTS) is 1. The lowest BCUT2D eigenvalue weighted by Crippen LogP contribution is -2.38. The summed E-state index contributed by atoms with van der Waals surface area (Å²) in [5, 5.41) is 18.5. The molecule has 3 unspecified atom stereocenters. The van der Waals surface area contributed by atoms with E-state index in [0.717, 1.165) is 12.8 Å². The predicted octanol–water partition coefficient (Wildman–Crippen LogP) is 4.16. The molecule has 3 atom stereocenters. The molecular formula is C22H42O7. The van der Waals surface area contributed by atoms with Crippen molar-refractivity contribution in [2.75, 3.05) is 13.2 Å². The minimum absolute atomic E-state index is 0.0292. The van der Waals surface area contributed by atoms with Crippen LogP contribution in [0.4, 0.5) is 0 Å². The highest BCUT2D eigenvalue weighted by atomic mass is 16.7. The largest absolute Gasteiger partial charge is 0.481 e. The summed E-state index contributed by atoms with van der Waals surface area (Å²) in [7, 11) is 0. The molecule has 0 radical (unpaired) electrons. The van der Waals surface area contributed by atoms with Crippen LogP contribution >= 0.6 is 0 Å². The van der Waals surface area contributed by atoms with E-state index >= 15 is 0 Å². The number of carbonyl (C=O) groups excluding carboxylic acids is 1. The van der Waals surface area contributed by atoms with Gasteiger partial charge in [0.2, 0.25) is 0 Å². The van der Waals surface area contributed by atoms with Crippen LogP contribution in [0, 0.1) is 11.3 Å². The lowest BCUT2D eigenvalue weighted by Gasteiger charge is -2.32. The first kappa shape index (κ1) is 27.8. The highest BCUT2D eigenvalue weighted by Gasteiger charge is 2.27. The molecule has 29 heavy (non-hydrogen) atoms. The normalized spacial score (nSPS) is 15.6. The Morgan fingerprint density at radius 1 is 1.03 bits per heavy atom. The predicted molar refractivity (Wildman–Crippen MR) is 112 cm³/mol. The quantitative estimate of drug-likeness (QED) is 0.322. The van der Waals surface area contributed by atoms with Crippen molar-refractivity contribution in [1.82, 2.24) is 0 Å². The number of hydrogen-bond donors (Lipinski definition) is 2. The Labute approximate surface area is 176 Å². The Morgan fingerprint density at radius 2 is 1.66 bits per heavy atom. The third-order valence-electron chi connectivity index (χ3n) is 4.26. The van der Waals surface area contributed by atoms with E-state index in [2.05, 4.69) is 27.7 Å². The second-order valence-corrected chi connectivity index (χ2v) is 9.81. The fourth-order valence-electron chi connectivity index (χ4n) is 3.13. The van der Waals surface area contributed by atoms with Gasteiger partial charge < -0.3 is 24.4 Å². The van der Waals surface area contributed by atoms with E-state index in [1.165, 1.54) is 0 Å². The maximum atomic E-state index is 11.9. The van der Waals surface area contributed by atoms with Crippen LogP contribution in [0.1, 0.15) is 87.0 Å². The fraction of sp³-hybridized carbons (Fsp3) is 0.909. The Kier molecular flexibility index (Phi) is 12.7. The lowest BCUT2D eigenvalue weighted by atomic mass is 9.81. The SMILES string of the molecule is CCC(CC(CO)OC(COC(=O)CCCC(=O)O)OC(C)(C)C)CC(C)(C)C. The molecule has 0 aromatic heterocycles. The van der Waals surface area contributed by atoms with Crippen molar-refractivity contribution in [3.8, 4) is 0 Å². The van der Waals surface area contributed by atoms with E-state index < -0.39 is 29.9 Å². The molecular weight excluding hydrogens is 376 g/mol. The van der Waals surface area contributed by atoms with Gasteiger partial charge in [-0.3, -0.25) is 9.59 Å². The van der Waals surface area contributed by atoms with Crippen LogP contribution in [0.3, 0.4) is 0 Å². The maximum absolute atomic E-state index is 11.9. The average Bonchev–Trinajstić information content (AvgIpc) is 2.55. The van der Waals surface area contributed by atoms with Crippen molar-refractivity contribution in [2.24, 2.45) is 11.3 Å². The molecule has 0 saturated carbocycles. The third-order valence-corrected chi connectivity index (χ3v) is 4.26. The van der Waals surface area contributed by atoms with E-state index in [-0.39, 0.29) is 37.9 Å². The summed E-state index contributed by atoms with van der Waals surface area (Å²) in [4.78, 5) is 22.4. The number of hydrogen-bond acceptors (Lipinski definition) is 6. The van der Waals surface area contributed by atoms with Crippen LogP contribution in [0.2, 0.25) is 0 Å². The van der Waals surface area contributed by atoms with Crippen LogP contribution in [-0.4, -0.2) is 53.4 Å². The van der Waals surface area contributed by atoms with Crippen molar-refractivity contribution in [3.63, 3.8) is 0 Å². The van der Waals surface area contributed by atoms with E-state index in [0.29, 0.717) is 12.3 Å². The molecule has 0 rings (SSSR count). The summed E-state index contributed by atoms with van der Waals surface area (Å²) in [5.74, 6) is -1.03. The number of rotatable bonds is 14. The molecule has 7 heteroatoms. The topological polar surface area (TPSA) is 102 Å². The van der Waals surface area contributed by atoms with Crippen molar-refractivity contribution < 1.29 is 34.0 Å². The van der Waals surface area contributed by atoms with Crippen LogP contribution in [0.25, 0.3) is 0 Å². The molecule has 0 aromatic rings. The number of carbonyl (C=O) groups is 2. The number of aliphatic hydroxyl groups is 1. The van der Waals surface area contributed by atoms with Crippen LogP contribution in [-0.2, 0) is 23.8 Å². The second-order valence-electron chi connectivity index (χ2n) is 9.81. The van der Waals surface area contributed by atoms with Gasteiger partial charge in [-0.05, 0) is 51.4 Å². The average molecular weight is 419 g/mol. The van der Waals surface area contributed by atoms with Gasteiger partial charge in [-0.1, -0.05) is 34.1 Å². The zero-order valence-corrected chi connectivity index (χ0v) is 19.3. The van der Waals surface area contributed by atoms with Crippen molar-refractivity contribution in [1.29, 1.82) is 0 Å². The van der Waals surface area contributed by atoms with Gasteiger partial charge in [-0.2, -0.15) is 0 Å². The first-order chi connectivity index (χ1) is 13.3. The highest BCUT2D eigenvalue weighted by Crippen LogP contribution is 2.30. The zero-order chi connectivity index (χ0) is 22.7. The molecule has 2 N–H and O–H groups in total. The molecule has 7 nitrogen and oxygen atoms in total. The molecule has 0 bridgehead atoms. The van der Waals surface area contributed by atoms with Crippen molar-refractivity contribution in [2.45, 2.75) is 105 Å². The van der Waals surface area contributed by atoms with Crippen LogP contribution in [0.15, 0.2) is 0 Å². The summed E-state index contributed by atoms with van der Waals surface area (Å²) < 4.78 is 17.1. The highest BCUT2D eigenvalue weighted by molar-refractivity contribution is 5.71. The van der Waals surface area contributed by atoms with Crippen LogP contribution in [0.5, 0.6) is 0 Å². The smallest absolute Gasteiger partial charge is 0.305 e. The molecule has 0 aliphatic heterocycles. The number of esters is 1. The number of aliphatic hydroxyl groups excluding tert-OH is 1. The van der Waals surface area contributed by atoms with Gasteiger partial charge in [0, 0.05) is 12.8 Å². The van der Waals surface area contributed by atoms with Crippen molar-refractivity contribution in [3.05, 3.63) is 0 Å². The first-order valence-electron chi connectivity index (χ1n) is 10.6. The molecule has 0 saturated heterocycles. The summed E-state index contributed by atoms with van der Waals surface area (Å²) in [5.41, 5.74) is -0.330. The van der Waals surface area contributed by atoms with Gasteiger partial charge in [0.05, 0.1) is 18.3 Å². The van der Waals surface area contributed by atoms with E-state index in [9.17, 15) is 14.7 Å². The minimum atomic E-state index is -0.943. The van der Waals surface area contributed by atoms with Gasteiger partial charge >= 0.3 is 11.9 Å². The molecule has 0 aliphatic carbocycles. The molecule has 0 heterocycles. The molecule has 172 valence electrons. The molecule has 0 aliphatic rings. The van der Waals surface area contributed by atoms with Gasteiger partial charge in [-0.15, -0.1) is 0 Å². The van der Waals surface area contributed by atoms with E-state index in [1.54, 1.807) is 0 Å². The summed E-state index contributed by atoms with van der Waals surface area (Å²) in [6.07, 6.45) is 1.66. The second kappa shape index (κ2) is 13.2. The molecule has 0 amide bonds. The Morgan fingerprint density at radius 3 is 2.10 bits per heavy atom.